The van der Waals surface area contributed by atoms with Gasteiger partial charge < -0.3 is 25.4 Å². The second-order valence-corrected chi connectivity index (χ2v) is 8.19. The molecule has 170 valence electrons. The number of halogens is 1. The number of carboxylic acid groups (broad SMARTS) is 1. The first-order valence-corrected chi connectivity index (χ1v) is 10.7. The van der Waals surface area contributed by atoms with E-state index in [1.54, 1.807) is 0 Å². The number of fused-ring (bicyclic) bond motifs is 3. The number of amides is 1. The zero-order chi connectivity index (χ0) is 23.5. The molecule has 33 heavy (non-hydrogen) atoms. The molecule has 0 radical (unpaired) electrons. The van der Waals surface area contributed by atoms with Crippen LogP contribution in [0.3, 0.4) is 0 Å². The van der Waals surface area contributed by atoms with Crippen molar-refractivity contribution in [3.63, 3.8) is 0 Å². The van der Waals surface area contributed by atoms with Gasteiger partial charge in [-0.25, -0.2) is 9.59 Å². The molecule has 1 aliphatic carbocycles. The Bertz CT molecular complexity index is 1150. The molecule has 0 bridgehead atoms. The Morgan fingerprint density at radius 2 is 1.58 bits per heavy atom. The van der Waals surface area contributed by atoms with Crippen LogP contribution in [0, 0.1) is 0 Å². The molecule has 3 aromatic carbocycles. The summed E-state index contributed by atoms with van der Waals surface area (Å²) in [6.07, 6.45) is -3.75. The molecule has 0 saturated carbocycles. The third kappa shape index (κ3) is 4.71. The predicted octanol–water partition coefficient (Wildman–Crippen LogP) is 3.97. The minimum absolute atomic E-state index is 0.00580. The number of hydrogen-bond donors (Lipinski definition) is 4. The van der Waals surface area contributed by atoms with Gasteiger partial charge in [0.15, 0.2) is 0 Å². The third-order valence-corrected chi connectivity index (χ3v) is 5.96. The number of carboxylic acids is 1. The van der Waals surface area contributed by atoms with E-state index in [0.717, 1.165) is 22.3 Å². The lowest BCUT2D eigenvalue weighted by molar-refractivity contribution is 0.0175. The fourth-order valence-electron chi connectivity index (χ4n) is 4.13. The quantitative estimate of drug-likeness (QED) is 0.418. The molecule has 2 unspecified atom stereocenters. The molecule has 0 saturated heterocycles. The van der Waals surface area contributed by atoms with Crippen LogP contribution in [0.4, 0.5) is 4.79 Å². The number of alkyl carbamates (subject to hydrolysis) is 1. The van der Waals surface area contributed by atoms with E-state index in [0.29, 0.717) is 0 Å². The van der Waals surface area contributed by atoms with Gasteiger partial charge in [0, 0.05) is 17.5 Å². The highest BCUT2D eigenvalue weighted by Gasteiger charge is 2.29. The molecule has 7 nitrogen and oxygen atoms in total. The van der Waals surface area contributed by atoms with E-state index in [-0.39, 0.29) is 35.2 Å². The highest BCUT2D eigenvalue weighted by molar-refractivity contribution is 6.31. The third-order valence-electron chi connectivity index (χ3n) is 5.73. The van der Waals surface area contributed by atoms with Crippen molar-refractivity contribution in [1.82, 2.24) is 5.32 Å². The lowest BCUT2D eigenvalue weighted by Crippen LogP contribution is -2.36. The van der Waals surface area contributed by atoms with Gasteiger partial charge in [-0.05, 0) is 39.9 Å². The van der Waals surface area contributed by atoms with Crippen LogP contribution < -0.4 is 5.32 Å². The molecule has 2 atom stereocenters. The summed E-state index contributed by atoms with van der Waals surface area (Å²) in [6.45, 7) is -0.224. The maximum Gasteiger partial charge on any atom is 0.407 e. The summed E-state index contributed by atoms with van der Waals surface area (Å²) in [7, 11) is 0. The molecule has 0 spiro atoms. The Morgan fingerprint density at radius 1 is 0.970 bits per heavy atom. The summed E-state index contributed by atoms with van der Waals surface area (Å²) in [5.41, 5.74) is 4.14. The zero-order valence-electron chi connectivity index (χ0n) is 17.4. The SMILES string of the molecule is O=C(NCC(O)C(O)c1ccc(Cl)cc1C(=O)O)OCC1c2ccccc2-c2ccccc21. The summed E-state index contributed by atoms with van der Waals surface area (Å²) in [4.78, 5) is 23.7. The number of aromatic carboxylic acids is 1. The standard InChI is InChI=1S/C25H22ClNO6/c26-14-9-10-19(20(11-14)24(30)31)23(29)22(28)12-27-25(32)33-13-21-17-7-3-1-5-15(17)16-6-2-4-8-18(16)21/h1-11,21-23,28-29H,12-13H2,(H,27,32)(H,30,31). The smallest absolute Gasteiger partial charge is 0.407 e. The Balaban J connectivity index is 1.36. The maximum atomic E-state index is 12.3. The topological polar surface area (TPSA) is 116 Å². The Labute approximate surface area is 195 Å². The van der Waals surface area contributed by atoms with E-state index in [4.69, 9.17) is 16.3 Å². The first-order valence-electron chi connectivity index (χ1n) is 10.3. The lowest BCUT2D eigenvalue weighted by atomic mass is 9.98. The first-order chi connectivity index (χ1) is 15.9. The van der Waals surface area contributed by atoms with Gasteiger partial charge in [-0.2, -0.15) is 0 Å². The van der Waals surface area contributed by atoms with Crippen molar-refractivity contribution < 1.29 is 29.6 Å². The molecule has 4 N–H and O–H groups in total. The molecule has 4 rings (SSSR count). The number of rotatable bonds is 7. The zero-order valence-corrected chi connectivity index (χ0v) is 18.2. The van der Waals surface area contributed by atoms with Crippen molar-refractivity contribution in [2.24, 2.45) is 0 Å². The molecule has 8 heteroatoms. The van der Waals surface area contributed by atoms with Crippen LogP contribution in [0.2, 0.25) is 5.02 Å². The summed E-state index contributed by atoms with van der Waals surface area (Å²) >= 11 is 5.82. The van der Waals surface area contributed by atoms with E-state index in [9.17, 15) is 24.9 Å². The van der Waals surface area contributed by atoms with E-state index in [1.807, 2.05) is 48.5 Å². The van der Waals surface area contributed by atoms with Crippen LogP contribution >= 0.6 is 11.6 Å². The number of carbonyl (C=O) groups excluding carboxylic acids is 1. The largest absolute Gasteiger partial charge is 0.478 e. The number of hydrogen-bond acceptors (Lipinski definition) is 5. The number of aliphatic hydroxyl groups excluding tert-OH is 2. The first kappa shape index (κ1) is 22.8. The monoisotopic (exact) mass is 467 g/mol. The van der Waals surface area contributed by atoms with Gasteiger partial charge >= 0.3 is 12.1 Å². The minimum Gasteiger partial charge on any atom is -0.478 e. The second kappa shape index (κ2) is 9.62. The fourth-order valence-corrected chi connectivity index (χ4v) is 4.30. The normalized spacial score (nSPS) is 14.2. The van der Waals surface area contributed by atoms with E-state index >= 15 is 0 Å². The molecule has 1 amide bonds. The maximum absolute atomic E-state index is 12.3. The van der Waals surface area contributed by atoms with Crippen molar-refractivity contribution in [2.75, 3.05) is 13.2 Å². The summed E-state index contributed by atoms with van der Waals surface area (Å²) in [5.74, 6) is -1.39. The van der Waals surface area contributed by atoms with Crippen molar-refractivity contribution in [3.05, 3.63) is 94.0 Å². The molecular weight excluding hydrogens is 446 g/mol. The van der Waals surface area contributed by atoms with Gasteiger partial charge in [0.25, 0.3) is 0 Å². The average Bonchev–Trinajstić information content (AvgIpc) is 3.14. The van der Waals surface area contributed by atoms with Gasteiger partial charge in [-0.15, -0.1) is 0 Å². The number of ether oxygens (including phenoxy) is 1. The van der Waals surface area contributed by atoms with Gasteiger partial charge in [0.2, 0.25) is 0 Å². The van der Waals surface area contributed by atoms with Gasteiger partial charge in [0.05, 0.1) is 5.56 Å². The summed E-state index contributed by atoms with van der Waals surface area (Å²) in [6, 6.07) is 19.8. The number of aliphatic hydroxyl groups is 2. The van der Waals surface area contributed by atoms with Gasteiger partial charge in [-0.3, -0.25) is 0 Å². The Hall–Kier alpha value is -3.39. The number of benzene rings is 3. The lowest BCUT2D eigenvalue weighted by Gasteiger charge is -2.20. The molecular formula is C25H22ClNO6. The highest BCUT2D eigenvalue weighted by Crippen LogP contribution is 2.44. The van der Waals surface area contributed by atoms with Crippen LogP contribution in [0.1, 0.15) is 39.1 Å². The van der Waals surface area contributed by atoms with Crippen molar-refractivity contribution >= 4 is 23.7 Å². The van der Waals surface area contributed by atoms with Crippen LogP contribution in [-0.2, 0) is 4.74 Å². The van der Waals surface area contributed by atoms with Crippen LogP contribution in [0.15, 0.2) is 66.7 Å². The second-order valence-electron chi connectivity index (χ2n) is 7.76. The van der Waals surface area contributed by atoms with Gasteiger partial charge in [0.1, 0.15) is 18.8 Å². The summed E-state index contributed by atoms with van der Waals surface area (Å²) < 4.78 is 5.40. The predicted molar refractivity (Wildman–Crippen MR) is 122 cm³/mol. The van der Waals surface area contributed by atoms with Crippen LogP contribution in [0.25, 0.3) is 11.1 Å². The molecule has 0 aliphatic heterocycles. The average molecular weight is 468 g/mol. The number of carbonyl (C=O) groups is 2. The minimum atomic E-state index is -1.54. The highest BCUT2D eigenvalue weighted by atomic mass is 35.5. The van der Waals surface area contributed by atoms with E-state index in [2.05, 4.69) is 5.32 Å². The molecule has 0 fully saturated rings. The van der Waals surface area contributed by atoms with Crippen molar-refractivity contribution in [1.29, 1.82) is 0 Å². The summed E-state index contributed by atoms with van der Waals surface area (Å²) in [5, 5.41) is 32.6. The van der Waals surface area contributed by atoms with Crippen LogP contribution in [0.5, 0.6) is 0 Å². The molecule has 1 aliphatic rings. The molecule has 0 heterocycles. The van der Waals surface area contributed by atoms with Crippen molar-refractivity contribution in [3.8, 4) is 11.1 Å². The van der Waals surface area contributed by atoms with E-state index < -0.39 is 24.3 Å². The van der Waals surface area contributed by atoms with Crippen molar-refractivity contribution in [2.45, 2.75) is 18.1 Å². The van der Waals surface area contributed by atoms with Crippen LogP contribution in [-0.4, -0.2) is 46.6 Å². The molecule has 3 aromatic rings. The Morgan fingerprint density at radius 3 is 2.18 bits per heavy atom. The van der Waals surface area contributed by atoms with Gasteiger partial charge in [-0.1, -0.05) is 66.2 Å². The molecule has 0 aromatic heterocycles. The Kier molecular flexibility index (Phi) is 6.65. The fraction of sp³-hybridized carbons (Fsp3) is 0.200. The van der Waals surface area contributed by atoms with E-state index in [1.165, 1.54) is 18.2 Å². The number of nitrogens with one attached hydrogen (secondary N) is 1.